The third kappa shape index (κ3) is 3.32. The molecule has 0 bridgehead atoms. The minimum atomic E-state index is -3.45. The Morgan fingerprint density at radius 1 is 1.35 bits per heavy atom. The number of carbonyl (C=O) groups excluding carboxylic acids is 1. The zero-order chi connectivity index (χ0) is 15.5. The average molecular weight is 318 g/mol. The van der Waals surface area contributed by atoms with Crippen LogP contribution in [0.15, 0.2) is 4.90 Å². The van der Waals surface area contributed by atoms with Crippen molar-refractivity contribution in [3.05, 3.63) is 4.88 Å². The summed E-state index contributed by atoms with van der Waals surface area (Å²) in [6, 6.07) is 0. The van der Waals surface area contributed by atoms with Crippen molar-refractivity contribution in [1.29, 1.82) is 0 Å². The summed E-state index contributed by atoms with van der Waals surface area (Å²) < 4.78 is 24.5. The molecular formula is C13H22N2O3S2. The van der Waals surface area contributed by atoms with Crippen LogP contribution < -0.4 is 10.6 Å². The number of carbonyl (C=O) groups is 1. The van der Waals surface area contributed by atoms with E-state index in [1.165, 1.54) is 18.3 Å². The Hall–Kier alpha value is -1.08. The maximum atomic E-state index is 12.2. The van der Waals surface area contributed by atoms with Gasteiger partial charge in [0.15, 0.2) is 15.6 Å². The minimum Gasteiger partial charge on any atom is -0.396 e. The zero-order valence-corrected chi connectivity index (χ0v) is 14.0. The topological polar surface area (TPSA) is 80.5 Å². The molecule has 0 amide bonds. The molecule has 0 atom stereocenters. The average Bonchev–Trinajstić information content (AvgIpc) is 2.74. The molecule has 5 nitrogen and oxygen atoms in total. The first kappa shape index (κ1) is 17.0. The fourth-order valence-electron chi connectivity index (χ4n) is 1.87. The lowest BCUT2D eigenvalue weighted by Gasteiger charge is -2.18. The van der Waals surface area contributed by atoms with Crippen LogP contribution in [0.3, 0.4) is 0 Å². The number of hydrogen-bond donors (Lipinski definition) is 1. The van der Waals surface area contributed by atoms with Crippen LogP contribution in [0.1, 0.15) is 43.3 Å². The number of rotatable bonds is 7. The van der Waals surface area contributed by atoms with E-state index >= 15 is 0 Å². The summed E-state index contributed by atoms with van der Waals surface area (Å²) in [5.41, 5.74) is 6.02. The molecule has 1 heterocycles. The molecule has 20 heavy (non-hydrogen) atoms. The largest absolute Gasteiger partial charge is 0.396 e. The van der Waals surface area contributed by atoms with Crippen LogP contribution in [0.2, 0.25) is 0 Å². The molecule has 1 rings (SSSR count). The van der Waals surface area contributed by atoms with Gasteiger partial charge in [-0.1, -0.05) is 20.3 Å². The molecule has 0 aliphatic heterocycles. The van der Waals surface area contributed by atoms with E-state index in [1.54, 1.807) is 6.92 Å². The van der Waals surface area contributed by atoms with Gasteiger partial charge >= 0.3 is 0 Å². The summed E-state index contributed by atoms with van der Waals surface area (Å²) in [4.78, 5) is 13.9. The molecule has 1 aromatic heterocycles. The highest BCUT2D eigenvalue weighted by Crippen LogP contribution is 2.41. The number of unbranched alkanes of at least 4 members (excludes halogenated alkanes) is 1. The summed E-state index contributed by atoms with van der Waals surface area (Å²) in [7, 11) is -1.62. The fraction of sp³-hybridized carbons (Fsp3) is 0.615. The predicted octanol–water partition coefficient (Wildman–Crippen LogP) is 2.56. The second-order valence-corrected chi connectivity index (χ2v) is 7.93. The molecule has 1 aromatic rings. The van der Waals surface area contributed by atoms with Crippen LogP contribution in [0.4, 0.5) is 10.7 Å². The van der Waals surface area contributed by atoms with Crippen molar-refractivity contribution in [2.75, 3.05) is 30.0 Å². The molecule has 0 fully saturated rings. The molecule has 7 heteroatoms. The first-order valence-corrected chi connectivity index (χ1v) is 9.10. The summed E-state index contributed by atoms with van der Waals surface area (Å²) >= 11 is 1.17. The van der Waals surface area contributed by atoms with Crippen molar-refractivity contribution in [2.45, 2.75) is 38.5 Å². The summed E-state index contributed by atoms with van der Waals surface area (Å²) in [5.74, 6) is -0.227. The smallest absolute Gasteiger partial charge is 0.183 e. The molecule has 0 aromatic carbocycles. The maximum Gasteiger partial charge on any atom is 0.183 e. The van der Waals surface area contributed by atoms with Crippen LogP contribution in [0.5, 0.6) is 0 Å². The zero-order valence-electron chi connectivity index (χ0n) is 12.4. The number of Topliss-reactive ketones (excluding diaryl/α,β-unsaturated/α-hetero) is 1. The lowest BCUT2D eigenvalue weighted by Crippen LogP contribution is -2.20. The lowest BCUT2D eigenvalue weighted by molar-refractivity contribution is 0.102. The van der Waals surface area contributed by atoms with Gasteiger partial charge in [0.05, 0.1) is 16.3 Å². The molecule has 0 saturated heterocycles. The van der Waals surface area contributed by atoms with Crippen molar-refractivity contribution in [1.82, 2.24) is 0 Å². The Balaban J connectivity index is 3.42. The fourth-order valence-corrected chi connectivity index (χ4v) is 4.59. The normalized spacial score (nSPS) is 11.6. The Morgan fingerprint density at radius 3 is 2.40 bits per heavy atom. The van der Waals surface area contributed by atoms with Gasteiger partial charge in [0.2, 0.25) is 0 Å². The van der Waals surface area contributed by atoms with E-state index in [0.717, 1.165) is 19.4 Å². The second-order valence-electron chi connectivity index (χ2n) is 4.71. The molecule has 2 N–H and O–H groups in total. The number of thiophene rings is 1. The van der Waals surface area contributed by atoms with Gasteiger partial charge in [0.1, 0.15) is 9.90 Å². The van der Waals surface area contributed by atoms with E-state index in [-0.39, 0.29) is 22.1 Å². The SMILES string of the molecule is CCCCN(C)c1sc(C(C)=O)c(N)c1S(=O)(=O)CC. The Labute approximate surface area is 124 Å². The highest BCUT2D eigenvalue weighted by molar-refractivity contribution is 7.92. The number of sulfone groups is 1. The van der Waals surface area contributed by atoms with E-state index < -0.39 is 9.84 Å². The second kappa shape index (κ2) is 6.58. The monoisotopic (exact) mass is 318 g/mol. The molecule has 0 spiro atoms. The first-order valence-electron chi connectivity index (χ1n) is 6.63. The van der Waals surface area contributed by atoms with E-state index in [9.17, 15) is 13.2 Å². The predicted molar refractivity (Wildman–Crippen MR) is 84.6 cm³/mol. The minimum absolute atomic E-state index is 0.0279. The lowest BCUT2D eigenvalue weighted by atomic mass is 10.3. The van der Waals surface area contributed by atoms with E-state index in [0.29, 0.717) is 9.88 Å². The van der Waals surface area contributed by atoms with Gasteiger partial charge in [-0.05, 0) is 6.42 Å². The van der Waals surface area contributed by atoms with Crippen LogP contribution in [-0.4, -0.2) is 33.5 Å². The van der Waals surface area contributed by atoms with Crippen LogP contribution in [-0.2, 0) is 9.84 Å². The number of nitrogens with zero attached hydrogens (tertiary/aromatic N) is 1. The summed E-state index contributed by atoms with van der Waals surface area (Å²) in [6.45, 7) is 5.79. The summed E-state index contributed by atoms with van der Waals surface area (Å²) in [6.07, 6.45) is 1.97. The van der Waals surface area contributed by atoms with Gasteiger partial charge in [-0.25, -0.2) is 8.42 Å². The van der Waals surface area contributed by atoms with Crippen molar-refractivity contribution >= 4 is 37.6 Å². The van der Waals surface area contributed by atoms with Crippen LogP contribution in [0.25, 0.3) is 0 Å². The molecule has 0 radical (unpaired) electrons. The van der Waals surface area contributed by atoms with E-state index in [1.807, 2.05) is 11.9 Å². The third-order valence-electron chi connectivity index (χ3n) is 3.09. The standard InChI is InChI=1S/C13H22N2O3S2/c1-5-7-8-15(4)13-12(20(17,18)6-2)10(14)11(19-13)9(3)16/h5-8,14H2,1-4H3. The van der Waals surface area contributed by atoms with E-state index in [2.05, 4.69) is 6.92 Å². The Bertz CT molecular complexity index is 591. The van der Waals surface area contributed by atoms with Gasteiger partial charge < -0.3 is 10.6 Å². The molecule has 114 valence electrons. The first-order chi connectivity index (χ1) is 9.26. The van der Waals surface area contributed by atoms with Gasteiger partial charge in [-0.15, -0.1) is 11.3 Å². The Morgan fingerprint density at radius 2 is 1.95 bits per heavy atom. The number of hydrogen-bond acceptors (Lipinski definition) is 6. The number of ketones is 1. The van der Waals surface area contributed by atoms with Crippen molar-refractivity contribution < 1.29 is 13.2 Å². The van der Waals surface area contributed by atoms with Crippen LogP contribution in [0, 0.1) is 0 Å². The molecule has 0 aliphatic carbocycles. The molecule has 0 saturated carbocycles. The number of nitrogens with two attached hydrogens (primary N) is 1. The highest BCUT2D eigenvalue weighted by atomic mass is 32.2. The highest BCUT2D eigenvalue weighted by Gasteiger charge is 2.29. The Kier molecular flexibility index (Phi) is 5.59. The summed E-state index contributed by atoms with van der Waals surface area (Å²) in [5, 5.41) is 0.572. The molecular weight excluding hydrogens is 296 g/mol. The van der Waals surface area contributed by atoms with Gasteiger partial charge in [-0.3, -0.25) is 4.79 Å². The van der Waals surface area contributed by atoms with E-state index in [4.69, 9.17) is 5.73 Å². The van der Waals surface area contributed by atoms with Crippen molar-refractivity contribution in [3.63, 3.8) is 0 Å². The third-order valence-corrected chi connectivity index (χ3v) is 6.43. The number of anilines is 2. The molecule has 0 unspecified atom stereocenters. The van der Waals surface area contributed by atoms with Gasteiger partial charge in [-0.2, -0.15) is 0 Å². The van der Waals surface area contributed by atoms with Gasteiger partial charge in [0, 0.05) is 20.5 Å². The quantitative estimate of drug-likeness (QED) is 0.781. The van der Waals surface area contributed by atoms with Crippen molar-refractivity contribution in [3.8, 4) is 0 Å². The van der Waals surface area contributed by atoms with Crippen LogP contribution >= 0.6 is 11.3 Å². The van der Waals surface area contributed by atoms with Gasteiger partial charge in [0.25, 0.3) is 0 Å². The molecule has 0 aliphatic rings. The maximum absolute atomic E-state index is 12.2. The van der Waals surface area contributed by atoms with Crippen molar-refractivity contribution in [2.24, 2.45) is 0 Å². The number of nitrogen functional groups attached to an aromatic ring is 1.